The Bertz CT molecular complexity index is 752. The lowest BCUT2D eigenvalue weighted by molar-refractivity contribution is 0.432. The fraction of sp³-hybridized carbons (Fsp3) is 0.143. The number of phenolic OH excluding ortho intramolecular Hbond substituents is 1. The minimum Gasteiger partial charge on any atom is -0.505 e. The summed E-state index contributed by atoms with van der Waals surface area (Å²) < 4.78 is 13.5. The molecule has 0 amide bonds. The van der Waals surface area contributed by atoms with Gasteiger partial charge in [0.05, 0.1) is 11.9 Å². The van der Waals surface area contributed by atoms with Gasteiger partial charge in [0.1, 0.15) is 0 Å². The zero-order valence-corrected chi connectivity index (χ0v) is 10.3. The molecule has 5 heteroatoms. The molecule has 0 aliphatic carbocycles. The minimum absolute atomic E-state index is 0.330. The van der Waals surface area contributed by atoms with Crippen LogP contribution in [0.3, 0.4) is 0 Å². The van der Waals surface area contributed by atoms with Crippen molar-refractivity contribution >= 4 is 11.0 Å². The molecular formula is C14H12FN3O. The third kappa shape index (κ3) is 1.93. The van der Waals surface area contributed by atoms with Gasteiger partial charge in [-0.05, 0) is 36.2 Å². The number of benzene rings is 1. The largest absolute Gasteiger partial charge is 0.505 e. The Hall–Kier alpha value is -2.43. The molecule has 19 heavy (non-hydrogen) atoms. The monoisotopic (exact) mass is 257 g/mol. The van der Waals surface area contributed by atoms with Crippen molar-refractivity contribution in [1.82, 2.24) is 15.2 Å². The Morgan fingerprint density at radius 1 is 1.32 bits per heavy atom. The number of aromatic amines is 1. The predicted octanol–water partition coefficient (Wildman–Crippen LogP) is 3.03. The topological polar surface area (TPSA) is 61.8 Å². The van der Waals surface area contributed by atoms with Crippen LogP contribution in [0, 0.1) is 5.82 Å². The highest BCUT2D eigenvalue weighted by Crippen LogP contribution is 2.29. The summed E-state index contributed by atoms with van der Waals surface area (Å²) in [4.78, 5) is 4.42. The second-order valence-corrected chi connectivity index (χ2v) is 4.32. The molecule has 2 N–H and O–H groups in total. The Morgan fingerprint density at radius 2 is 2.16 bits per heavy atom. The molecule has 0 saturated carbocycles. The zero-order chi connectivity index (χ0) is 13.4. The summed E-state index contributed by atoms with van der Waals surface area (Å²) >= 11 is 0. The molecule has 0 fully saturated rings. The summed E-state index contributed by atoms with van der Waals surface area (Å²) in [5.41, 5.74) is 2.86. The van der Waals surface area contributed by atoms with E-state index in [0.717, 1.165) is 10.9 Å². The summed E-state index contributed by atoms with van der Waals surface area (Å²) in [5, 5.41) is 17.0. The fourth-order valence-electron chi connectivity index (χ4n) is 2.11. The van der Waals surface area contributed by atoms with E-state index in [1.165, 1.54) is 12.1 Å². The molecule has 3 rings (SSSR count). The number of pyridine rings is 1. The highest BCUT2D eigenvalue weighted by molar-refractivity contribution is 5.78. The van der Waals surface area contributed by atoms with Crippen molar-refractivity contribution in [3.8, 4) is 17.0 Å². The second-order valence-electron chi connectivity index (χ2n) is 4.32. The van der Waals surface area contributed by atoms with Gasteiger partial charge in [0.2, 0.25) is 0 Å². The van der Waals surface area contributed by atoms with Gasteiger partial charge in [0.15, 0.2) is 17.2 Å². The molecule has 0 spiro atoms. The number of aryl methyl sites for hydroxylation is 1. The third-order valence-electron chi connectivity index (χ3n) is 3.13. The highest BCUT2D eigenvalue weighted by atomic mass is 19.1. The maximum Gasteiger partial charge on any atom is 0.165 e. The summed E-state index contributed by atoms with van der Waals surface area (Å²) in [6.45, 7) is 1.95. The van der Waals surface area contributed by atoms with Crippen molar-refractivity contribution < 1.29 is 9.50 Å². The van der Waals surface area contributed by atoms with E-state index in [-0.39, 0.29) is 5.75 Å². The van der Waals surface area contributed by atoms with Crippen LogP contribution in [-0.4, -0.2) is 20.3 Å². The normalized spacial score (nSPS) is 11.1. The molecule has 96 valence electrons. The summed E-state index contributed by atoms with van der Waals surface area (Å²) in [6, 6.07) is 6.47. The van der Waals surface area contributed by atoms with Crippen LogP contribution in [0.1, 0.15) is 12.5 Å². The van der Waals surface area contributed by atoms with E-state index < -0.39 is 5.82 Å². The number of nitrogens with one attached hydrogen (secondary N) is 1. The van der Waals surface area contributed by atoms with E-state index in [2.05, 4.69) is 15.2 Å². The SMILES string of the molecule is CCc1cc(O)c(F)cc1-c1ccc2cn[nH]c2n1. The summed E-state index contributed by atoms with van der Waals surface area (Å²) in [7, 11) is 0. The molecule has 1 aromatic carbocycles. The molecule has 2 aromatic heterocycles. The Kier molecular flexibility index (Phi) is 2.67. The molecule has 2 heterocycles. The zero-order valence-electron chi connectivity index (χ0n) is 10.3. The molecule has 4 nitrogen and oxygen atoms in total. The number of rotatable bonds is 2. The van der Waals surface area contributed by atoms with E-state index in [4.69, 9.17) is 0 Å². The van der Waals surface area contributed by atoms with Crippen LogP contribution in [0.5, 0.6) is 5.75 Å². The number of aromatic hydroxyl groups is 1. The average molecular weight is 257 g/mol. The van der Waals surface area contributed by atoms with Gasteiger partial charge < -0.3 is 5.11 Å². The highest BCUT2D eigenvalue weighted by Gasteiger charge is 2.11. The third-order valence-corrected chi connectivity index (χ3v) is 3.13. The van der Waals surface area contributed by atoms with Crippen LogP contribution in [0.25, 0.3) is 22.3 Å². The quantitative estimate of drug-likeness (QED) is 0.741. The van der Waals surface area contributed by atoms with Gasteiger partial charge in [-0.1, -0.05) is 6.92 Å². The van der Waals surface area contributed by atoms with E-state index in [9.17, 15) is 9.50 Å². The van der Waals surface area contributed by atoms with Gasteiger partial charge >= 0.3 is 0 Å². The Morgan fingerprint density at radius 3 is 2.95 bits per heavy atom. The number of halogens is 1. The molecule has 0 bridgehead atoms. The molecule has 0 aliphatic heterocycles. The van der Waals surface area contributed by atoms with Crippen molar-refractivity contribution in [2.75, 3.05) is 0 Å². The van der Waals surface area contributed by atoms with Gasteiger partial charge in [0.25, 0.3) is 0 Å². The molecule has 0 unspecified atom stereocenters. The average Bonchev–Trinajstić information content (AvgIpc) is 2.88. The maximum absolute atomic E-state index is 13.5. The lowest BCUT2D eigenvalue weighted by Crippen LogP contribution is -1.93. The number of fused-ring (bicyclic) bond motifs is 1. The van der Waals surface area contributed by atoms with Crippen molar-refractivity contribution in [3.63, 3.8) is 0 Å². The first kappa shape index (κ1) is 11.6. The van der Waals surface area contributed by atoms with Crippen LogP contribution < -0.4 is 0 Å². The lowest BCUT2D eigenvalue weighted by atomic mass is 10.0. The molecule has 0 atom stereocenters. The first-order valence-electron chi connectivity index (χ1n) is 6.01. The standard InChI is InChI=1S/C14H12FN3O/c1-2-8-5-13(19)11(15)6-10(8)12-4-3-9-7-16-18-14(9)17-12/h3-7,19H,2H2,1H3,(H,16,17,18). The molecular weight excluding hydrogens is 245 g/mol. The van der Waals surface area contributed by atoms with Gasteiger partial charge in [0, 0.05) is 10.9 Å². The van der Waals surface area contributed by atoms with Crippen molar-refractivity contribution in [3.05, 3.63) is 41.8 Å². The lowest BCUT2D eigenvalue weighted by Gasteiger charge is -2.09. The van der Waals surface area contributed by atoms with Crippen molar-refractivity contribution in [2.45, 2.75) is 13.3 Å². The number of H-pyrrole nitrogens is 1. The van der Waals surface area contributed by atoms with Gasteiger partial charge in [-0.25, -0.2) is 9.37 Å². The second kappa shape index (κ2) is 4.35. The van der Waals surface area contributed by atoms with Crippen LogP contribution in [-0.2, 0) is 6.42 Å². The van der Waals surface area contributed by atoms with Crippen LogP contribution >= 0.6 is 0 Å². The molecule has 0 saturated heterocycles. The summed E-state index contributed by atoms with van der Waals surface area (Å²) in [5.74, 6) is -0.970. The van der Waals surface area contributed by atoms with E-state index in [0.29, 0.717) is 23.3 Å². The van der Waals surface area contributed by atoms with Gasteiger partial charge in [-0.2, -0.15) is 5.10 Å². The first-order valence-corrected chi connectivity index (χ1v) is 6.01. The Balaban J connectivity index is 2.22. The van der Waals surface area contributed by atoms with Gasteiger partial charge in [-0.15, -0.1) is 0 Å². The van der Waals surface area contributed by atoms with Crippen LogP contribution in [0.15, 0.2) is 30.5 Å². The number of aromatic nitrogens is 3. The van der Waals surface area contributed by atoms with Crippen LogP contribution in [0.4, 0.5) is 4.39 Å². The van der Waals surface area contributed by atoms with Crippen LogP contribution in [0.2, 0.25) is 0 Å². The van der Waals surface area contributed by atoms with E-state index in [1.807, 2.05) is 19.1 Å². The minimum atomic E-state index is -0.640. The van der Waals surface area contributed by atoms with Crippen molar-refractivity contribution in [1.29, 1.82) is 0 Å². The molecule has 0 aliphatic rings. The number of phenols is 1. The van der Waals surface area contributed by atoms with E-state index >= 15 is 0 Å². The number of hydrogen-bond donors (Lipinski definition) is 2. The van der Waals surface area contributed by atoms with E-state index in [1.54, 1.807) is 6.20 Å². The molecule has 0 radical (unpaired) electrons. The maximum atomic E-state index is 13.5. The fourth-order valence-corrected chi connectivity index (χ4v) is 2.11. The Labute approximate surface area is 108 Å². The predicted molar refractivity (Wildman–Crippen MR) is 70.3 cm³/mol. The smallest absolute Gasteiger partial charge is 0.165 e. The molecule has 3 aromatic rings. The van der Waals surface area contributed by atoms with Gasteiger partial charge in [-0.3, -0.25) is 5.10 Å². The number of hydrogen-bond acceptors (Lipinski definition) is 3. The number of nitrogens with zero attached hydrogens (tertiary/aromatic N) is 2. The van der Waals surface area contributed by atoms with Crippen molar-refractivity contribution in [2.24, 2.45) is 0 Å². The summed E-state index contributed by atoms with van der Waals surface area (Å²) in [6.07, 6.45) is 2.37. The first-order chi connectivity index (χ1) is 9.19.